The fraction of sp³-hybridized carbons (Fsp3) is 0.333. The van der Waals surface area contributed by atoms with E-state index in [-0.39, 0.29) is 12.5 Å². The van der Waals surface area contributed by atoms with Crippen molar-refractivity contribution >= 4 is 17.7 Å². The molecule has 0 aliphatic heterocycles. The molecule has 5 heteroatoms. The Balaban J connectivity index is 2.26. The summed E-state index contributed by atoms with van der Waals surface area (Å²) in [6.45, 7) is 0.266. The second kappa shape index (κ2) is 7.71. The van der Waals surface area contributed by atoms with Crippen LogP contribution in [-0.4, -0.2) is 29.9 Å². The lowest BCUT2D eigenvalue weighted by Crippen LogP contribution is -2.27. The maximum absolute atomic E-state index is 11.2. The molecule has 0 aliphatic carbocycles. The minimum Gasteiger partial charge on any atom is -0.395 e. The molecule has 0 saturated heterocycles. The summed E-state index contributed by atoms with van der Waals surface area (Å²) in [7, 11) is 0. The summed E-state index contributed by atoms with van der Waals surface area (Å²) in [4.78, 5) is 11.2. The Morgan fingerprint density at radius 3 is 2.71 bits per heavy atom. The van der Waals surface area contributed by atoms with E-state index in [4.69, 9.17) is 10.4 Å². The molecule has 90 valence electrons. The summed E-state index contributed by atoms with van der Waals surface area (Å²) in [5, 5.41) is 19.7. The highest BCUT2D eigenvalue weighted by molar-refractivity contribution is 7.99. The zero-order chi connectivity index (χ0) is 12.5. The molecule has 0 atom stereocenters. The van der Waals surface area contributed by atoms with Gasteiger partial charge < -0.3 is 10.4 Å². The summed E-state index contributed by atoms with van der Waals surface area (Å²) in [6, 6.07) is 9.36. The monoisotopic (exact) mass is 250 g/mol. The van der Waals surface area contributed by atoms with E-state index in [1.165, 1.54) is 11.8 Å². The van der Waals surface area contributed by atoms with Gasteiger partial charge in [-0.3, -0.25) is 4.79 Å². The fourth-order valence-electron chi connectivity index (χ4n) is 1.18. The molecule has 2 N–H and O–H groups in total. The number of aliphatic hydroxyl groups is 1. The second-order valence-corrected chi connectivity index (χ2v) is 4.36. The summed E-state index contributed by atoms with van der Waals surface area (Å²) < 4.78 is 0. The number of hydrogen-bond donors (Lipinski definition) is 2. The maximum atomic E-state index is 11.2. The van der Waals surface area contributed by atoms with E-state index < -0.39 is 0 Å². The first-order chi connectivity index (χ1) is 8.26. The average molecular weight is 250 g/mol. The standard InChI is InChI=1S/C12H14N2O2S/c13-7-10-1-3-11(4-2-10)8-17-9-12(16)14-5-6-15/h1-4,15H,5-6,8-9H2,(H,14,16). The molecule has 0 saturated carbocycles. The summed E-state index contributed by atoms with van der Waals surface area (Å²) in [5.74, 6) is 1.04. The molecule has 0 aromatic heterocycles. The first-order valence-corrected chi connectivity index (χ1v) is 6.36. The van der Waals surface area contributed by atoms with Gasteiger partial charge in [0.1, 0.15) is 0 Å². The van der Waals surface area contributed by atoms with Crippen LogP contribution in [0.1, 0.15) is 11.1 Å². The fourth-order valence-corrected chi connectivity index (χ4v) is 2.00. The van der Waals surface area contributed by atoms with Gasteiger partial charge in [-0.25, -0.2) is 0 Å². The van der Waals surface area contributed by atoms with E-state index in [2.05, 4.69) is 11.4 Å². The van der Waals surface area contributed by atoms with Crippen LogP contribution in [0, 0.1) is 11.3 Å². The van der Waals surface area contributed by atoms with Crippen LogP contribution in [0.3, 0.4) is 0 Å². The number of rotatable bonds is 6. The zero-order valence-electron chi connectivity index (χ0n) is 9.35. The highest BCUT2D eigenvalue weighted by Crippen LogP contribution is 2.12. The molecule has 1 aromatic rings. The lowest BCUT2D eigenvalue weighted by atomic mass is 10.2. The van der Waals surface area contributed by atoms with Crippen LogP contribution in [-0.2, 0) is 10.5 Å². The van der Waals surface area contributed by atoms with Crippen LogP contribution >= 0.6 is 11.8 Å². The van der Waals surface area contributed by atoms with Crippen LogP contribution in [0.4, 0.5) is 0 Å². The minimum atomic E-state index is -0.0716. The number of amides is 1. The van der Waals surface area contributed by atoms with Crippen LogP contribution in [0.15, 0.2) is 24.3 Å². The van der Waals surface area contributed by atoms with E-state index in [9.17, 15) is 4.79 Å². The third kappa shape index (κ3) is 5.38. The van der Waals surface area contributed by atoms with Gasteiger partial charge in [0, 0.05) is 12.3 Å². The molecule has 0 fully saturated rings. The molecule has 4 nitrogen and oxygen atoms in total. The molecule has 0 aliphatic rings. The molecule has 1 aromatic carbocycles. The van der Waals surface area contributed by atoms with Crippen molar-refractivity contribution in [3.63, 3.8) is 0 Å². The molecule has 1 rings (SSSR count). The van der Waals surface area contributed by atoms with Crippen molar-refractivity contribution in [1.29, 1.82) is 5.26 Å². The van der Waals surface area contributed by atoms with E-state index in [0.717, 1.165) is 11.3 Å². The third-order valence-corrected chi connectivity index (χ3v) is 3.02. The number of carbonyl (C=O) groups is 1. The predicted octanol–water partition coefficient (Wildman–Crippen LogP) is 0.900. The van der Waals surface area contributed by atoms with Gasteiger partial charge >= 0.3 is 0 Å². The molecular formula is C12H14N2O2S. The van der Waals surface area contributed by atoms with Gasteiger partial charge in [0.2, 0.25) is 5.91 Å². The number of nitriles is 1. The molecular weight excluding hydrogens is 236 g/mol. The molecule has 0 radical (unpaired) electrons. The number of hydrogen-bond acceptors (Lipinski definition) is 4. The van der Waals surface area contributed by atoms with E-state index in [1.807, 2.05) is 12.1 Å². The van der Waals surface area contributed by atoms with E-state index in [0.29, 0.717) is 17.9 Å². The first-order valence-electron chi connectivity index (χ1n) is 5.20. The maximum Gasteiger partial charge on any atom is 0.230 e. The van der Waals surface area contributed by atoms with Gasteiger partial charge in [0.05, 0.1) is 24.0 Å². The molecule has 1 amide bonds. The van der Waals surface area contributed by atoms with E-state index in [1.54, 1.807) is 12.1 Å². The summed E-state index contributed by atoms with van der Waals surface area (Å²) in [5.41, 5.74) is 1.73. The zero-order valence-corrected chi connectivity index (χ0v) is 10.2. The van der Waals surface area contributed by atoms with Crippen LogP contribution < -0.4 is 5.32 Å². The smallest absolute Gasteiger partial charge is 0.230 e. The van der Waals surface area contributed by atoms with Crippen molar-refractivity contribution in [2.24, 2.45) is 0 Å². The number of nitrogens with one attached hydrogen (secondary N) is 1. The van der Waals surface area contributed by atoms with Crippen molar-refractivity contribution in [3.05, 3.63) is 35.4 Å². The molecule has 17 heavy (non-hydrogen) atoms. The number of carbonyl (C=O) groups excluding carboxylic acids is 1. The number of aliphatic hydroxyl groups excluding tert-OH is 1. The van der Waals surface area contributed by atoms with Crippen LogP contribution in [0.25, 0.3) is 0 Å². The topological polar surface area (TPSA) is 73.1 Å². The van der Waals surface area contributed by atoms with Gasteiger partial charge in [-0.2, -0.15) is 5.26 Å². The number of benzene rings is 1. The van der Waals surface area contributed by atoms with Crippen molar-refractivity contribution < 1.29 is 9.90 Å². The minimum absolute atomic E-state index is 0.0357. The van der Waals surface area contributed by atoms with Crippen molar-refractivity contribution in [3.8, 4) is 6.07 Å². The third-order valence-electron chi connectivity index (χ3n) is 2.02. The Bertz CT molecular complexity index is 398. The highest BCUT2D eigenvalue weighted by atomic mass is 32.2. The molecule has 0 unspecified atom stereocenters. The Morgan fingerprint density at radius 1 is 1.41 bits per heavy atom. The first kappa shape index (κ1) is 13.6. The Morgan fingerprint density at radius 2 is 2.12 bits per heavy atom. The van der Waals surface area contributed by atoms with Crippen molar-refractivity contribution in [2.45, 2.75) is 5.75 Å². The Hall–Kier alpha value is -1.51. The van der Waals surface area contributed by atoms with Gasteiger partial charge in [-0.05, 0) is 17.7 Å². The quantitative estimate of drug-likeness (QED) is 0.786. The number of thioether (sulfide) groups is 1. The van der Waals surface area contributed by atoms with E-state index >= 15 is 0 Å². The van der Waals surface area contributed by atoms with Crippen LogP contribution in [0.5, 0.6) is 0 Å². The van der Waals surface area contributed by atoms with Crippen molar-refractivity contribution in [1.82, 2.24) is 5.32 Å². The lowest BCUT2D eigenvalue weighted by molar-refractivity contribution is -0.118. The Labute approximate surface area is 105 Å². The van der Waals surface area contributed by atoms with Crippen LogP contribution in [0.2, 0.25) is 0 Å². The average Bonchev–Trinajstić information content (AvgIpc) is 2.37. The summed E-state index contributed by atoms with van der Waals surface area (Å²) in [6.07, 6.45) is 0. The normalized spacial score (nSPS) is 9.65. The SMILES string of the molecule is N#Cc1ccc(CSCC(=O)NCCO)cc1. The Kier molecular flexibility index (Phi) is 6.15. The van der Waals surface area contributed by atoms with Crippen molar-refractivity contribution in [2.75, 3.05) is 18.9 Å². The molecule has 0 bridgehead atoms. The van der Waals surface area contributed by atoms with Gasteiger partial charge in [0.15, 0.2) is 0 Å². The highest BCUT2D eigenvalue weighted by Gasteiger charge is 2.01. The predicted molar refractivity (Wildman–Crippen MR) is 67.4 cm³/mol. The second-order valence-electron chi connectivity index (χ2n) is 3.38. The molecule has 0 heterocycles. The van der Waals surface area contributed by atoms with Gasteiger partial charge in [0.25, 0.3) is 0 Å². The lowest BCUT2D eigenvalue weighted by Gasteiger charge is -2.03. The largest absolute Gasteiger partial charge is 0.395 e. The summed E-state index contributed by atoms with van der Waals surface area (Å²) >= 11 is 1.50. The van der Waals surface area contributed by atoms with Gasteiger partial charge in [-0.15, -0.1) is 11.8 Å². The number of nitrogens with zero attached hydrogens (tertiary/aromatic N) is 1. The molecule has 0 spiro atoms. The van der Waals surface area contributed by atoms with Gasteiger partial charge in [-0.1, -0.05) is 12.1 Å².